The zero-order valence-electron chi connectivity index (χ0n) is 2.55. The van der Waals surface area contributed by atoms with Crippen molar-refractivity contribution >= 4 is 0 Å². The van der Waals surface area contributed by atoms with Crippen molar-refractivity contribution < 1.29 is 43.6 Å². The van der Waals surface area contributed by atoms with Crippen molar-refractivity contribution in [3.63, 3.8) is 0 Å². The summed E-state index contributed by atoms with van der Waals surface area (Å²) in [5.74, 6) is 0. The Morgan fingerprint density at radius 1 is 1.00 bits per heavy atom. The van der Waals surface area contributed by atoms with Crippen LogP contribution in [-0.4, -0.2) is 21.5 Å². The summed E-state index contributed by atoms with van der Waals surface area (Å²) < 4.78 is 0. The fourth-order valence-corrected chi connectivity index (χ4v) is 0. The van der Waals surface area contributed by atoms with Gasteiger partial charge in [0.25, 0.3) is 0 Å². The van der Waals surface area contributed by atoms with Gasteiger partial charge in [0.1, 0.15) is 0 Å². The summed E-state index contributed by atoms with van der Waals surface area (Å²) in [6.07, 6.45) is 0. The maximum Gasteiger partial charge on any atom is 2.00 e. The maximum atomic E-state index is 6.62. The van der Waals surface area contributed by atoms with Crippen molar-refractivity contribution in [3.8, 4) is 0 Å². The van der Waals surface area contributed by atoms with Crippen molar-refractivity contribution in [1.82, 2.24) is 0 Å². The van der Waals surface area contributed by atoms with E-state index in [0.717, 1.165) is 0 Å². The Labute approximate surface area is 44.5 Å². The van der Waals surface area contributed by atoms with Crippen molar-refractivity contribution in [1.29, 1.82) is 0 Å². The molecule has 0 atom stereocenters. The fourth-order valence-electron chi connectivity index (χ4n) is 0. The van der Waals surface area contributed by atoms with Crippen LogP contribution in [-0.2, 0) is 22.1 Å². The Balaban J connectivity index is -0.00000000667. The van der Waals surface area contributed by atoms with Crippen LogP contribution in [0.2, 0.25) is 0 Å². The minimum absolute atomic E-state index is 0. The molecule has 0 aromatic heterocycles. The molecule has 0 aliphatic heterocycles. The molecule has 6 heteroatoms. The number of hydrogen-bond donors (Lipinski definition) is 2. The molecule has 0 spiro atoms. The molecule has 0 aliphatic carbocycles. The summed E-state index contributed by atoms with van der Waals surface area (Å²) in [6, 6.07) is 0. The van der Waals surface area contributed by atoms with Gasteiger partial charge in [-0.25, -0.2) is 10.5 Å². The van der Waals surface area contributed by atoms with E-state index in [1.54, 1.807) is 0 Å². The van der Waals surface area contributed by atoms with Crippen molar-refractivity contribution in [3.05, 3.63) is 0 Å². The summed E-state index contributed by atoms with van der Waals surface area (Å²) in [7, 11) is 0. The van der Waals surface area contributed by atoms with Gasteiger partial charge in [-0.15, -0.1) is 0 Å². The Morgan fingerprint density at radius 3 is 1.00 bits per heavy atom. The Hall–Kier alpha value is 0.319. The minimum atomic E-state index is 0. The van der Waals surface area contributed by atoms with Crippen LogP contribution in [0.25, 0.3) is 0 Å². The van der Waals surface area contributed by atoms with Gasteiger partial charge in [0, 0.05) is 0 Å². The quantitative estimate of drug-likeness (QED) is 0.270. The molecule has 0 bridgehead atoms. The average molecular weight is 140 g/mol. The molecule has 0 amide bonds. The van der Waals surface area contributed by atoms with E-state index in [1.165, 1.54) is 0 Å². The van der Waals surface area contributed by atoms with Gasteiger partial charge in [0.15, 0.2) is 0 Å². The van der Waals surface area contributed by atoms with E-state index in [9.17, 15) is 0 Å². The van der Waals surface area contributed by atoms with E-state index in [0.29, 0.717) is 0 Å². The largest absolute Gasteiger partial charge is 2.00 e. The predicted octanol–water partition coefficient (Wildman–Crippen LogP) is -0.407. The van der Waals surface area contributed by atoms with Crippen LogP contribution in [0, 0.1) is 0 Å². The molecular formula is H4FeO5. The van der Waals surface area contributed by atoms with E-state index in [4.69, 9.17) is 10.5 Å². The van der Waals surface area contributed by atoms with Gasteiger partial charge in [-0.1, -0.05) is 5.04 Å². The van der Waals surface area contributed by atoms with Gasteiger partial charge in [-0.2, -0.15) is 0 Å². The second-order valence-corrected chi connectivity index (χ2v) is 0.0816. The Morgan fingerprint density at radius 2 is 1.00 bits per heavy atom. The third kappa shape index (κ3) is 466. The minimum Gasteiger partial charge on any atom is -0.870 e. The van der Waals surface area contributed by atoms with Gasteiger partial charge >= 0.3 is 17.1 Å². The smallest absolute Gasteiger partial charge is 0.870 e. The van der Waals surface area contributed by atoms with Gasteiger partial charge in [-0.05, 0) is 0 Å². The monoisotopic (exact) mass is 140 g/mol. The standard InChI is InChI=1S/Fe.H2O3.2H2O/c;1-3-2;;/h;1-2H;2*1H2/q+2;;;/p-2. The summed E-state index contributed by atoms with van der Waals surface area (Å²) in [4.78, 5) is 0. The SMILES string of the molecule is OOO.[Fe+2].[OH-].[OH-]. The molecule has 0 aliphatic rings. The van der Waals surface area contributed by atoms with Crippen LogP contribution >= 0.6 is 0 Å². The van der Waals surface area contributed by atoms with Crippen molar-refractivity contribution in [2.45, 2.75) is 0 Å². The van der Waals surface area contributed by atoms with E-state index in [1.807, 2.05) is 0 Å². The molecule has 0 saturated carbocycles. The van der Waals surface area contributed by atoms with Gasteiger partial charge in [-0.3, -0.25) is 0 Å². The van der Waals surface area contributed by atoms with Crippen LogP contribution in [0.5, 0.6) is 0 Å². The third-order valence-corrected chi connectivity index (χ3v) is 0. The fraction of sp³-hybridized carbons (Fsp3) is 0. The molecule has 0 unspecified atom stereocenters. The van der Waals surface area contributed by atoms with E-state index >= 15 is 0 Å². The van der Waals surface area contributed by atoms with Crippen LogP contribution < -0.4 is 0 Å². The zero-order valence-corrected chi connectivity index (χ0v) is 3.65. The molecule has 0 radical (unpaired) electrons. The molecule has 0 fully saturated rings. The predicted molar refractivity (Wildman–Crippen MR) is 10.2 cm³/mol. The van der Waals surface area contributed by atoms with Crippen molar-refractivity contribution in [2.24, 2.45) is 0 Å². The van der Waals surface area contributed by atoms with Gasteiger partial charge in [0.05, 0.1) is 0 Å². The van der Waals surface area contributed by atoms with Crippen LogP contribution in [0.15, 0.2) is 0 Å². The average Bonchev–Trinajstić information content (AvgIpc) is 0.918. The second-order valence-electron chi connectivity index (χ2n) is 0.0816. The first-order valence-electron chi connectivity index (χ1n) is 0.365. The molecule has 0 heterocycles. The first-order chi connectivity index (χ1) is 1.41. The Bertz CT molecular complexity index is 3.90. The van der Waals surface area contributed by atoms with Crippen LogP contribution in [0.4, 0.5) is 0 Å². The summed E-state index contributed by atoms with van der Waals surface area (Å²) >= 11 is 0. The summed E-state index contributed by atoms with van der Waals surface area (Å²) in [6.45, 7) is 0. The molecule has 5 nitrogen and oxygen atoms in total. The Kier molecular flexibility index (Phi) is 316. The molecule has 4 N–H and O–H groups in total. The molecule has 6 heavy (non-hydrogen) atoms. The van der Waals surface area contributed by atoms with Gasteiger partial charge < -0.3 is 11.0 Å². The van der Waals surface area contributed by atoms with E-state index in [2.05, 4.69) is 5.04 Å². The molecule has 42 valence electrons. The molecule has 0 aromatic carbocycles. The maximum absolute atomic E-state index is 6.62. The normalized spacial score (nSPS) is 3.00. The molecule has 0 aromatic rings. The third-order valence-electron chi connectivity index (χ3n) is 0. The molecule has 0 rings (SSSR count). The van der Waals surface area contributed by atoms with Crippen LogP contribution in [0.3, 0.4) is 0 Å². The van der Waals surface area contributed by atoms with Crippen LogP contribution in [0.1, 0.15) is 0 Å². The number of rotatable bonds is 0. The first-order valence-corrected chi connectivity index (χ1v) is 0.365. The second kappa shape index (κ2) is 57.0. The van der Waals surface area contributed by atoms with Gasteiger partial charge in [0.2, 0.25) is 0 Å². The number of hydrogen-bond acceptors (Lipinski definition) is 5. The van der Waals surface area contributed by atoms with E-state index < -0.39 is 0 Å². The molecular weight excluding hydrogens is 136 g/mol. The van der Waals surface area contributed by atoms with E-state index in [-0.39, 0.29) is 28.0 Å². The summed E-state index contributed by atoms with van der Waals surface area (Å²) in [5, 5.41) is 15.5. The summed E-state index contributed by atoms with van der Waals surface area (Å²) in [5.41, 5.74) is 0. The zero-order chi connectivity index (χ0) is 2.71. The molecule has 0 saturated heterocycles. The topological polar surface area (TPSA) is 110 Å². The van der Waals surface area contributed by atoms with Crippen molar-refractivity contribution in [2.75, 3.05) is 0 Å². The first kappa shape index (κ1) is 33.2.